The smallest absolute Gasteiger partial charge is 0.314 e. The van der Waals surface area contributed by atoms with Gasteiger partial charge in [-0.2, -0.15) is 13.2 Å². The Morgan fingerprint density at radius 2 is 1.86 bits per heavy atom. The van der Waals surface area contributed by atoms with Crippen LogP contribution in [-0.2, 0) is 6.18 Å². The molecule has 1 saturated carbocycles. The highest BCUT2D eigenvalue weighted by Gasteiger charge is 2.38. The summed E-state index contributed by atoms with van der Waals surface area (Å²) in [5.74, 6) is 0.552. The van der Waals surface area contributed by atoms with Crippen LogP contribution in [0.15, 0.2) is 18.2 Å². The third-order valence-electron chi connectivity index (χ3n) is 4.25. The fourth-order valence-electron chi connectivity index (χ4n) is 3.10. The highest BCUT2D eigenvalue weighted by Crippen LogP contribution is 2.46. The molecular weight excluding hydrogens is 301 g/mol. The minimum Gasteiger partial charge on any atom is -0.314 e. The Balaban J connectivity index is 1.87. The Labute approximate surface area is 127 Å². The number of hydrogen-bond acceptors (Lipinski definition) is 2. The van der Waals surface area contributed by atoms with Gasteiger partial charge in [0, 0.05) is 32.2 Å². The lowest BCUT2D eigenvalue weighted by Crippen LogP contribution is -2.45. The molecule has 116 valence electrons. The van der Waals surface area contributed by atoms with Crippen LogP contribution in [-0.4, -0.2) is 31.1 Å². The average Bonchev–Trinajstić information content (AvgIpc) is 3.23. The molecule has 0 amide bonds. The van der Waals surface area contributed by atoms with E-state index in [1.165, 1.54) is 6.07 Å². The Morgan fingerprint density at radius 3 is 2.38 bits per heavy atom. The van der Waals surface area contributed by atoms with Gasteiger partial charge in [0.1, 0.15) is 0 Å². The fraction of sp³-hybridized carbons (Fsp3) is 0.600. The monoisotopic (exact) mass is 318 g/mol. The molecule has 0 unspecified atom stereocenters. The molecule has 1 atom stereocenters. The molecule has 1 aliphatic carbocycles. The van der Waals surface area contributed by atoms with Crippen molar-refractivity contribution in [1.82, 2.24) is 10.2 Å². The molecule has 21 heavy (non-hydrogen) atoms. The van der Waals surface area contributed by atoms with Gasteiger partial charge >= 0.3 is 6.18 Å². The highest BCUT2D eigenvalue weighted by molar-refractivity contribution is 6.31. The van der Waals surface area contributed by atoms with Crippen molar-refractivity contribution in [2.45, 2.75) is 25.1 Å². The number of rotatable bonds is 3. The maximum absolute atomic E-state index is 12.8. The van der Waals surface area contributed by atoms with Crippen molar-refractivity contribution in [1.29, 1.82) is 0 Å². The molecule has 6 heteroatoms. The Hall–Kier alpha value is -0.780. The van der Waals surface area contributed by atoms with E-state index in [1.54, 1.807) is 6.07 Å². The third-order valence-corrected chi connectivity index (χ3v) is 4.57. The van der Waals surface area contributed by atoms with E-state index >= 15 is 0 Å². The van der Waals surface area contributed by atoms with Gasteiger partial charge in [-0.3, -0.25) is 4.90 Å². The molecule has 1 aromatic carbocycles. The number of halogens is 4. The van der Waals surface area contributed by atoms with Gasteiger partial charge in [0.15, 0.2) is 0 Å². The fourth-order valence-corrected chi connectivity index (χ4v) is 3.39. The zero-order chi connectivity index (χ0) is 15.0. The van der Waals surface area contributed by atoms with E-state index in [9.17, 15) is 13.2 Å². The van der Waals surface area contributed by atoms with Gasteiger partial charge in [-0.25, -0.2) is 0 Å². The third kappa shape index (κ3) is 3.35. The SMILES string of the molecule is FC(F)(F)c1ccc([C@H](C2CC2)N2CCNCC2)cc1Cl. The zero-order valence-electron chi connectivity index (χ0n) is 11.6. The van der Waals surface area contributed by atoms with E-state index in [4.69, 9.17) is 11.6 Å². The molecule has 1 aliphatic heterocycles. The van der Waals surface area contributed by atoms with Gasteiger partial charge in [-0.15, -0.1) is 0 Å². The largest absolute Gasteiger partial charge is 0.417 e. The van der Waals surface area contributed by atoms with Gasteiger partial charge in [0.2, 0.25) is 0 Å². The van der Waals surface area contributed by atoms with Crippen LogP contribution in [0.25, 0.3) is 0 Å². The Kier molecular flexibility index (Phi) is 4.17. The maximum atomic E-state index is 12.8. The summed E-state index contributed by atoms with van der Waals surface area (Å²) in [5.41, 5.74) is 0.167. The number of benzene rings is 1. The molecule has 1 aromatic rings. The van der Waals surface area contributed by atoms with E-state index in [0.29, 0.717) is 5.92 Å². The van der Waals surface area contributed by atoms with Crippen LogP contribution in [0, 0.1) is 5.92 Å². The molecule has 0 spiro atoms. The van der Waals surface area contributed by atoms with Gasteiger partial charge < -0.3 is 5.32 Å². The average molecular weight is 319 g/mol. The normalized spacial score (nSPS) is 22.3. The van der Waals surface area contributed by atoms with E-state index in [2.05, 4.69) is 10.2 Å². The number of alkyl halides is 3. The lowest BCUT2D eigenvalue weighted by atomic mass is 9.98. The molecule has 2 aliphatic rings. The first kappa shape index (κ1) is 15.1. The van der Waals surface area contributed by atoms with Gasteiger partial charge in [0.05, 0.1) is 10.6 Å². The Bertz CT molecular complexity index is 508. The molecular formula is C15H18ClF3N2. The summed E-state index contributed by atoms with van der Waals surface area (Å²) in [6.45, 7) is 3.72. The molecule has 1 heterocycles. The van der Waals surface area contributed by atoms with E-state index in [0.717, 1.165) is 50.7 Å². The molecule has 0 radical (unpaired) electrons. The molecule has 0 aromatic heterocycles. The topological polar surface area (TPSA) is 15.3 Å². The Morgan fingerprint density at radius 1 is 1.19 bits per heavy atom. The van der Waals surface area contributed by atoms with Gasteiger partial charge in [0.25, 0.3) is 0 Å². The second kappa shape index (κ2) is 5.78. The molecule has 1 N–H and O–H groups in total. The first-order valence-electron chi connectivity index (χ1n) is 7.28. The van der Waals surface area contributed by atoms with Crippen LogP contribution >= 0.6 is 11.6 Å². The summed E-state index contributed by atoms with van der Waals surface area (Å²) in [7, 11) is 0. The minimum absolute atomic E-state index is 0.194. The minimum atomic E-state index is -4.39. The quantitative estimate of drug-likeness (QED) is 0.914. The van der Waals surface area contributed by atoms with Crippen LogP contribution < -0.4 is 5.32 Å². The maximum Gasteiger partial charge on any atom is 0.417 e. The summed E-state index contributed by atoms with van der Waals surface area (Å²) in [6, 6.07) is 4.43. The standard InChI is InChI=1S/C15H18ClF3N2/c16-13-9-11(3-4-12(13)15(17,18)19)14(10-1-2-10)21-7-5-20-6-8-21/h3-4,9-10,14,20H,1-2,5-8H2/t14-/m0/s1. The lowest BCUT2D eigenvalue weighted by molar-refractivity contribution is -0.137. The van der Waals surface area contributed by atoms with Crippen LogP contribution in [0.2, 0.25) is 5.02 Å². The van der Waals surface area contributed by atoms with Crippen LogP contribution in [0.5, 0.6) is 0 Å². The number of nitrogens with one attached hydrogen (secondary N) is 1. The molecule has 2 nitrogen and oxygen atoms in total. The predicted octanol–water partition coefficient (Wildman–Crippen LogP) is 3.72. The van der Waals surface area contributed by atoms with E-state index in [1.807, 2.05) is 0 Å². The summed E-state index contributed by atoms with van der Waals surface area (Å²) < 4.78 is 38.4. The summed E-state index contributed by atoms with van der Waals surface area (Å²) in [4.78, 5) is 2.37. The number of hydrogen-bond donors (Lipinski definition) is 1. The van der Waals surface area contributed by atoms with Crippen LogP contribution in [0.1, 0.15) is 30.0 Å². The van der Waals surface area contributed by atoms with Crippen molar-refractivity contribution in [2.24, 2.45) is 5.92 Å². The van der Waals surface area contributed by atoms with Gasteiger partial charge in [-0.1, -0.05) is 17.7 Å². The van der Waals surface area contributed by atoms with Crippen LogP contribution in [0.3, 0.4) is 0 Å². The first-order valence-corrected chi connectivity index (χ1v) is 7.66. The summed E-state index contributed by atoms with van der Waals surface area (Å²) >= 11 is 5.87. The zero-order valence-corrected chi connectivity index (χ0v) is 12.3. The molecule has 2 fully saturated rings. The lowest BCUT2D eigenvalue weighted by Gasteiger charge is -2.35. The number of piperazine rings is 1. The van der Waals surface area contributed by atoms with Crippen molar-refractivity contribution in [3.63, 3.8) is 0 Å². The molecule has 1 saturated heterocycles. The van der Waals surface area contributed by atoms with Crippen molar-refractivity contribution >= 4 is 11.6 Å². The predicted molar refractivity (Wildman–Crippen MR) is 76.4 cm³/mol. The van der Waals surface area contributed by atoms with Crippen LogP contribution in [0.4, 0.5) is 13.2 Å². The van der Waals surface area contributed by atoms with E-state index in [-0.39, 0.29) is 11.1 Å². The number of nitrogens with zero attached hydrogens (tertiary/aromatic N) is 1. The van der Waals surface area contributed by atoms with Crippen molar-refractivity contribution in [3.05, 3.63) is 34.3 Å². The van der Waals surface area contributed by atoms with E-state index < -0.39 is 11.7 Å². The second-order valence-corrected chi connectivity index (χ2v) is 6.21. The highest BCUT2D eigenvalue weighted by atomic mass is 35.5. The molecule has 3 rings (SSSR count). The van der Waals surface area contributed by atoms with Crippen molar-refractivity contribution < 1.29 is 13.2 Å². The van der Waals surface area contributed by atoms with Crippen molar-refractivity contribution in [3.8, 4) is 0 Å². The summed E-state index contributed by atoms with van der Waals surface area (Å²) in [6.07, 6.45) is -2.10. The summed E-state index contributed by atoms with van der Waals surface area (Å²) in [5, 5.41) is 3.11. The second-order valence-electron chi connectivity index (χ2n) is 5.81. The molecule has 0 bridgehead atoms. The van der Waals surface area contributed by atoms with Gasteiger partial charge in [-0.05, 0) is 36.5 Å². The first-order chi connectivity index (χ1) is 9.97. The van der Waals surface area contributed by atoms with Crippen molar-refractivity contribution in [2.75, 3.05) is 26.2 Å².